The summed E-state index contributed by atoms with van der Waals surface area (Å²) in [6, 6.07) is 8.31. The van der Waals surface area contributed by atoms with Gasteiger partial charge in [0.15, 0.2) is 0 Å². The Kier molecular flexibility index (Phi) is 4.59. The number of benzene rings is 1. The zero-order chi connectivity index (χ0) is 13.8. The highest BCUT2D eigenvalue weighted by Gasteiger charge is 2.28. The summed E-state index contributed by atoms with van der Waals surface area (Å²) in [5.74, 6) is 0.465. The molecule has 19 heavy (non-hydrogen) atoms. The first kappa shape index (κ1) is 14.1. The van der Waals surface area contributed by atoms with Crippen LogP contribution in [0, 0.1) is 12.8 Å². The highest BCUT2D eigenvalue weighted by Crippen LogP contribution is 2.20. The van der Waals surface area contributed by atoms with Crippen LogP contribution in [0.15, 0.2) is 24.3 Å². The lowest BCUT2D eigenvalue weighted by Gasteiger charge is -2.17. The van der Waals surface area contributed by atoms with Crippen molar-refractivity contribution in [1.82, 2.24) is 4.90 Å². The molecule has 1 amide bonds. The number of likely N-dealkylation sites (tertiary alicyclic amines) is 1. The van der Waals surface area contributed by atoms with Gasteiger partial charge in [0.25, 0.3) is 0 Å². The zero-order valence-electron chi connectivity index (χ0n) is 11.8. The Morgan fingerprint density at radius 1 is 1.53 bits per heavy atom. The summed E-state index contributed by atoms with van der Waals surface area (Å²) in [6.07, 6.45) is 1.98. The summed E-state index contributed by atoms with van der Waals surface area (Å²) in [5.41, 5.74) is 2.46. The van der Waals surface area contributed by atoms with Crippen molar-refractivity contribution in [3.8, 4) is 0 Å². The van der Waals surface area contributed by atoms with Crippen LogP contribution in [0.2, 0.25) is 0 Å². The summed E-state index contributed by atoms with van der Waals surface area (Å²) in [5, 5.41) is 9.55. The summed E-state index contributed by atoms with van der Waals surface area (Å²) < 4.78 is 0. The molecule has 0 spiro atoms. The van der Waals surface area contributed by atoms with Crippen LogP contribution in [-0.4, -0.2) is 35.1 Å². The van der Waals surface area contributed by atoms with Gasteiger partial charge in [-0.1, -0.05) is 29.8 Å². The van der Waals surface area contributed by atoms with Gasteiger partial charge in [0.1, 0.15) is 0 Å². The monoisotopic (exact) mass is 261 g/mol. The molecular formula is C16H23NO2. The minimum Gasteiger partial charge on any atom is -0.393 e. The van der Waals surface area contributed by atoms with Crippen molar-refractivity contribution in [2.45, 2.75) is 39.2 Å². The fourth-order valence-electron chi connectivity index (χ4n) is 2.68. The van der Waals surface area contributed by atoms with Crippen molar-refractivity contribution < 1.29 is 9.90 Å². The third-order valence-corrected chi connectivity index (χ3v) is 3.97. The Hall–Kier alpha value is -1.35. The molecule has 2 atom stereocenters. The van der Waals surface area contributed by atoms with Gasteiger partial charge in [0, 0.05) is 25.4 Å². The van der Waals surface area contributed by atoms with Gasteiger partial charge in [0.2, 0.25) is 5.91 Å². The highest BCUT2D eigenvalue weighted by molar-refractivity contribution is 5.76. The lowest BCUT2D eigenvalue weighted by molar-refractivity contribution is -0.130. The van der Waals surface area contributed by atoms with Crippen LogP contribution in [0.5, 0.6) is 0 Å². The predicted octanol–water partition coefficient (Wildman–Crippen LogP) is 2.16. The van der Waals surface area contributed by atoms with Crippen molar-refractivity contribution in [1.29, 1.82) is 0 Å². The Morgan fingerprint density at radius 2 is 2.32 bits per heavy atom. The van der Waals surface area contributed by atoms with Crippen molar-refractivity contribution in [2.24, 2.45) is 5.92 Å². The largest absolute Gasteiger partial charge is 0.393 e. The van der Waals surface area contributed by atoms with E-state index >= 15 is 0 Å². The van der Waals surface area contributed by atoms with E-state index in [-0.39, 0.29) is 17.9 Å². The summed E-state index contributed by atoms with van der Waals surface area (Å²) in [4.78, 5) is 14.0. The van der Waals surface area contributed by atoms with E-state index in [0.29, 0.717) is 13.0 Å². The van der Waals surface area contributed by atoms with E-state index < -0.39 is 0 Å². The highest BCUT2D eigenvalue weighted by atomic mass is 16.3. The lowest BCUT2D eigenvalue weighted by Crippen LogP contribution is -2.30. The summed E-state index contributed by atoms with van der Waals surface area (Å²) in [7, 11) is 0. The van der Waals surface area contributed by atoms with E-state index in [1.54, 1.807) is 0 Å². The number of aryl methyl sites for hydroxylation is 2. The lowest BCUT2D eigenvalue weighted by atomic mass is 10.0. The molecule has 1 aliphatic rings. The number of aliphatic hydroxyl groups excluding tert-OH is 1. The van der Waals surface area contributed by atoms with Gasteiger partial charge in [-0.2, -0.15) is 0 Å². The third-order valence-electron chi connectivity index (χ3n) is 3.97. The Labute approximate surface area is 115 Å². The van der Waals surface area contributed by atoms with E-state index in [2.05, 4.69) is 25.1 Å². The van der Waals surface area contributed by atoms with E-state index in [4.69, 9.17) is 0 Å². The van der Waals surface area contributed by atoms with Crippen LogP contribution >= 0.6 is 0 Å². The van der Waals surface area contributed by atoms with Crippen LogP contribution in [0.25, 0.3) is 0 Å². The van der Waals surface area contributed by atoms with Crippen molar-refractivity contribution in [3.05, 3.63) is 35.4 Å². The first-order valence-corrected chi connectivity index (χ1v) is 7.07. The molecule has 1 N–H and O–H groups in total. The summed E-state index contributed by atoms with van der Waals surface area (Å²) in [6.45, 7) is 5.39. The van der Waals surface area contributed by atoms with Crippen LogP contribution in [-0.2, 0) is 11.2 Å². The molecule has 0 bridgehead atoms. The Bertz CT molecular complexity index is 442. The third kappa shape index (κ3) is 3.80. The number of hydrogen-bond donors (Lipinski definition) is 1. The normalized spacial score (nSPS) is 20.6. The maximum absolute atomic E-state index is 12.1. The van der Waals surface area contributed by atoms with Crippen molar-refractivity contribution in [3.63, 3.8) is 0 Å². The van der Waals surface area contributed by atoms with Gasteiger partial charge in [-0.05, 0) is 32.3 Å². The maximum Gasteiger partial charge on any atom is 0.222 e. The molecular weight excluding hydrogens is 238 g/mol. The van der Waals surface area contributed by atoms with E-state index in [0.717, 1.165) is 19.4 Å². The molecule has 1 saturated heterocycles. The molecule has 1 aromatic rings. The average Bonchev–Trinajstić information content (AvgIpc) is 2.86. The van der Waals surface area contributed by atoms with Crippen LogP contribution in [0.4, 0.5) is 0 Å². The number of carbonyl (C=O) groups excluding carboxylic acids is 1. The molecule has 1 heterocycles. The average molecular weight is 261 g/mol. The van der Waals surface area contributed by atoms with Crippen LogP contribution in [0.1, 0.15) is 30.9 Å². The molecule has 1 aromatic carbocycles. The second-order valence-corrected chi connectivity index (χ2v) is 5.62. The first-order valence-electron chi connectivity index (χ1n) is 7.07. The molecule has 0 aromatic heterocycles. The number of hydrogen-bond acceptors (Lipinski definition) is 2. The second kappa shape index (κ2) is 6.20. The predicted molar refractivity (Wildman–Crippen MR) is 75.9 cm³/mol. The minimum absolute atomic E-state index is 0.213. The van der Waals surface area contributed by atoms with E-state index in [1.165, 1.54) is 11.1 Å². The molecule has 2 rings (SSSR count). The second-order valence-electron chi connectivity index (χ2n) is 5.62. The summed E-state index contributed by atoms with van der Waals surface area (Å²) >= 11 is 0. The van der Waals surface area contributed by atoms with Gasteiger partial charge >= 0.3 is 0 Å². The number of carbonyl (C=O) groups is 1. The molecule has 3 heteroatoms. The van der Waals surface area contributed by atoms with E-state index in [1.807, 2.05) is 17.9 Å². The molecule has 0 aliphatic carbocycles. The first-order chi connectivity index (χ1) is 9.06. The number of amides is 1. The van der Waals surface area contributed by atoms with Crippen LogP contribution in [0.3, 0.4) is 0 Å². The molecule has 0 saturated carbocycles. The maximum atomic E-state index is 12.1. The van der Waals surface area contributed by atoms with Crippen LogP contribution < -0.4 is 0 Å². The SMILES string of the molecule is Cc1cccc(CCC(=O)N2CCC(C(C)O)C2)c1. The van der Waals surface area contributed by atoms with Crippen molar-refractivity contribution in [2.75, 3.05) is 13.1 Å². The van der Waals surface area contributed by atoms with Gasteiger partial charge in [-0.15, -0.1) is 0 Å². The molecule has 3 nitrogen and oxygen atoms in total. The number of nitrogens with zero attached hydrogens (tertiary/aromatic N) is 1. The molecule has 1 aliphatic heterocycles. The topological polar surface area (TPSA) is 40.5 Å². The Morgan fingerprint density at radius 3 is 2.95 bits per heavy atom. The number of rotatable bonds is 4. The zero-order valence-corrected chi connectivity index (χ0v) is 11.8. The molecule has 2 unspecified atom stereocenters. The Balaban J connectivity index is 1.82. The molecule has 104 valence electrons. The van der Waals surface area contributed by atoms with Crippen molar-refractivity contribution >= 4 is 5.91 Å². The van der Waals surface area contributed by atoms with Gasteiger partial charge in [0.05, 0.1) is 6.10 Å². The quantitative estimate of drug-likeness (QED) is 0.902. The fraction of sp³-hybridized carbons (Fsp3) is 0.562. The van der Waals surface area contributed by atoms with Gasteiger partial charge < -0.3 is 10.0 Å². The number of aliphatic hydroxyl groups is 1. The van der Waals surface area contributed by atoms with Gasteiger partial charge in [-0.3, -0.25) is 4.79 Å². The smallest absolute Gasteiger partial charge is 0.222 e. The minimum atomic E-state index is -0.311. The molecule has 0 radical (unpaired) electrons. The standard InChI is InChI=1S/C16H23NO2/c1-12-4-3-5-14(10-12)6-7-16(19)17-9-8-15(11-17)13(2)18/h3-5,10,13,15,18H,6-9,11H2,1-2H3. The van der Waals surface area contributed by atoms with Gasteiger partial charge in [-0.25, -0.2) is 0 Å². The fourth-order valence-corrected chi connectivity index (χ4v) is 2.68. The van der Waals surface area contributed by atoms with E-state index in [9.17, 15) is 9.90 Å². The molecule has 1 fully saturated rings.